The third-order valence-electron chi connectivity index (χ3n) is 4.64. The van der Waals surface area contributed by atoms with Crippen molar-refractivity contribution in [2.75, 3.05) is 4.90 Å². The monoisotopic (exact) mass is 367 g/mol. The topological polar surface area (TPSA) is 104 Å². The maximum absolute atomic E-state index is 11.0. The highest BCUT2D eigenvalue weighted by Crippen LogP contribution is 2.39. The van der Waals surface area contributed by atoms with Crippen LogP contribution in [-0.4, -0.2) is 38.2 Å². The third kappa shape index (κ3) is 3.97. The Morgan fingerprint density at radius 1 is 1.19 bits per heavy atom. The lowest BCUT2D eigenvalue weighted by molar-refractivity contribution is -0.154. The van der Waals surface area contributed by atoms with E-state index in [1.165, 1.54) is 5.56 Å². The number of carboxylic acid groups (broad SMARTS) is 2. The third-order valence-corrected chi connectivity index (χ3v) is 4.64. The van der Waals surface area contributed by atoms with Crippen LogP contribution in [0.3, 0.4) is 0 Å². The van der Waals surface area contributed by atoms with E-state index in [4.69, 9.17) is 10.2 Å². The molecule has 0 bridgehead atoms. The van der Waals surface area contributed by atoms with E-state index in [0.717, 1.165) is 17.7 Å². The van der Waals surface area contributed by atoms with Gasteiger partial charge in [-0.1, -0.05) is 30.4 Å². The molecule has 1 aliphatic heterocycles. The van der Waals surface area contributed by atoms with E-state index in [1.54, 1.807) is 24.5 Å². The van der Waals surface area contributed by atoms with Crippen molar-refractivity contribution in [1.29, 1.82) is 0 Å². The number of para-hydroxylation sites is 1. The molecule has 1 unspecified atom stereocenters. The van der Waals surface area contributed by atoms with Gasteiger partial charge in [-0.2, -0.15) is 0 Å². The molecule has 0 spiro atoms. The molecule has 1 aromatic carbocycles. The van der Waals surface area contributed by atoms with Crippen LogP contribution in [0.25, 0.3) is 0 Å². The summed E-state index contributed by atoms with van der Waals surface area (Å²) in [4.78, 5) is 32.8. The molecule has 1 aliphatic rings. The highest BCUT2D eigenvalue weighted by Gasteiger charge is 2.30. The predicted molar refractivity (Wildman–Crippen MR) is 100 cm³/mol. The van der Waals surface area contributed by atoms with Crippen LogP contribution in [0.15, 0.2) is 48.8 Å². The molecule has 2 aromatic rings. The lowest BCUT2D eigenvalue weighted by Gasteiger charge is -2.24. The summed E-state index contributed by atoms with van der Waals surface area (Å²) in [5.41, 5.74) is 3.37. The number of nitrogens with zero attached hydrogens (tertiary/aromatic N) is 3. The Kier molecular flexibility index (Phi) is 5.49. The summed E-state index contributed by atoms with van der Waals surface area (Å²) < 4.78 is 0. The Hall–Kier alpha value is -3.22. The van der Waals surface area contributed by atoms with Gasteiger partial charge in [0.15, 0.2) is 5.92 Å². The van der Waals surface area contributed by atoms with Gasteiger partial charge in [-0.05, 0) is 43.4 Å². The first-order valence-corrected chi connectivity index (χ1v) is 8.76. The van der Waals surface area contributed by atoms with E-state index >= 15 is 0 Å². The number of hydrogen-bond donors (Lipinski definition) is 2. The van der Waals surface area contributed by atoms with Crippen molar-refractivity contribution in [2.45, 2.75) is 32.2 Å². The molecule has 7 nitrogen and oxygen atoms in total. The van der Waals surface area contributed by atoms with Crippen molar-refractivity contribution >= 4 is 23.6 Å². The van der Waals surface area contributed by atoms with Crippen LogP contribution >= 0.6 is 0 Å². The van der Waals surface area contributed by atoms with E-state index in [2.05, 4.69) is 27.9 Å². The van der Waals surface area contributed by atoms with Crippen LogP contribution in [0.2, 0.25) is 0 Å². The zero-order valence-corrected chi connectivity index (χ0v) is 14.9. The molecule has 0 saturated carbocycles. The van der Waals surface area contributed by atoms with Crippen molar-refractivity contribution in [1.82, 2.24) is 9.97 Å². The summed E-state index contributed by atoms with van der Waals surface area (Å²) in [7, 11) is 0. The van der Waals surface area contributed by atoms with Crippen molar-refractivity contribution in [2.24, 2.45) is 5.92 Å². The quantitative estimate of drug-likeness (QED) is 0.573. The van der Waals surface area contributed by atoms with Gasteiger partial charge in [0.2, 0.25) is 5.95 Å². The summed E-state index contributed by atoms with van der Waals surface area (Å²) in [5, 5.41) is 17.9. The van der Waals surface area contributed by atoms with Gasteiger partial charge in [0, 0.05) is 18.4 Å². The molecular weight excluding hydrogens is 346 g/mol. The van der Waals surface area contributed by atoms with Gasteiger partial charge in [-0.25, -0.2) is 9.97 Å². The first-order chi connectivity index (χ1) is 13.0. The lowest BCUT2D eigenvalue weighted by atomic mass is 10.0. The van der Waals surface area contributed by atoms with Gasteiger partial charge >= 0.3 is 11.9 Å². The summed E-state index contributed by atoms with van der Waals surface area (Å²) in [5.74, 6) is -3.42. The number of aliphatic carboxylic acids is 2. The van der Waals surface area contributed by atoms with E-state index in [1.807, 2.05) is 18.2 Å². The minimum absolute atomic E-state index is 0.0401. The molecule has 0 saturated heterocycles. The normalized spacial score (nSPS) is 16.1. The minimum atomic E-state index is -1.42. The summed E-state index contributed by atoms with van der Waals surface area (Å²) in [6, 6.07) is 8.12. The van der Waals surface area contributed by atoms with Gasteiger partial charge in [0.1, 0.15) is 0 Å². The van der Waals surface area contributed by atoms with E-state index < -0.39 is 17.9 Å². The molecule has 1 atom stereocenters. The Morgan fingerprint density at radius 3 is 2.56 bits per heavy atom. The number of carbonyl (C=O) groups is 2. The highest BCUT2D eigenvalue weighted by molar-refractivity contribution is 5.93. The van der Waals surface area contributed by atoms with E-state index in [9.17, 15) is 9.59 Å². The van der Waals surface area contributed by atoms with Crippen LogP contribution in [0.1, 0.15) is 24.5 Å². The number of hydrogen-bond acceptors (Lipinski definition) is 5. The number of fused-ring (bicyclic) bond motifs is 1. The first kappa shape index (κ1) is 18.6. The SMILES string of the molecule is CC1Cc2cccc(C/C=C/CC(C(=O)O)C(=O)O)c2N1c1ncccn1. The molecule has 0 fully saturated rings. The zero-order valence-electron chi connectivity index (χ0n) is 14.9. The Labute approximate surface area is 157 Å². The number of rotatable bonds is 7. The molecule has 3 rings (SSSR count). The van der Waals surface area contributed by atoms with Crippen molar-refractivity contribution in [3.63, 3.8) is 0 Å². The fourth-order valence-electron chi connectivity index (χ4n) is 3.38. The fourth-order valence-corrected chi connectivity index (χ4v) is 3.38. The standard InChI is InChI=1S/C20H21N3O4/c1-13-12-15-8-4-7-14(6-2-3-9-16(18(24)25)19(26)27)17(15)23(13)20-21-10-5-11-22-20/h2-5,7-8,10-11,13,16H,6,9,12H2,1H3,(H,24,25)(H,26,27)/b3-2+. The maximum atomic E-state index is 11.0. The van der Waals surface area contributed by atoms with Gasteiger partial charge in [0.25, 0.3) is 0 Å². The second kappa shape index (κ2) is 7.99. The van der Waals surface area contributed by atoms with Gasteiger partial charge in [-0.15, -0.1) is 0 Å². The highest BCUT2D eigenvalue weighted by atomic mass is 16.4. The van der Waals surface area contributed by atoms with Crippen molar-refractivity contribution in [3.8, 4) is 0 Å². The molecule has 27 heavy (non-hydrogen) atoms. The molecule has 0 aliphatic carbocycles. The molecule has 7 heteroatoms. The molecule has 0 radical (unpaired) electrons. The average molecular weight is 367 g/mol. The average Bonchev–Trinajstić information content (AvgIpc) is 2.98. The Balaban J connectivity index is 1.81. The van der Waals surface area contributed by atoms with Crippen LogP contribution in [0, 0.1) is 5.92 Å². The van der Waals surface area contributed by atoms with Crippen LogP contribution in [0.5, 0.6) is 0 Å². The van der Waals surface area contributed by atoms with Crippen LogP contribution in [0.4, 0.5) is 11.6 Å². The number of anilines is 2. The molecule has 140 valence electrons. The van der Waals surface area contributed by atoms with Crippen LogP contribution in [-0.2, 0) is 22.4 Å². The minimum Gasteiger partial charge on any atom is -0.481 e. The van der Waals surface area contributed by atoms with Crippen molar-refractivity contribution in [3.05, 3.63) is 59.9 Å². The molecule has 0 amide bonds. The van der Waals surface area contributed by atoms with Gasteiger partial charge in [0.05, 0.1) is 5.69 Å². The summed E-state index contributed by atoms with van der Waals surface area (Å²) in [6.45, 7) is 2.13. The summed E-state index contributed by atoms with van der Waals surface area (Å²) >= 11 is 0. The number of aromatic nitrogens is 2. The number of carboxylic acids is 2. The first-order valence-electron chi connectivity index (χ1n) is 8.76. The second-order valence-corrected chi connectivity index (χ2v) is 6.54. The summed E-state index contributed by atoms with van der Waals surface area (Å²) in [6.07, 6.45) is 8.30. The molecule has 2 heterocycles. The molecular formula is C20H21N3O4. The van der Waals surface area contributed by atoms with E-state index in [0.29, 0.717) is 12.4 Å². The zero-order chi connectivity index (χ0) is 19.4. The number of allylic oxidation sites excluding steroid dienone is 2. The Bertz CT molecular complexity index is 853. The fraction of sp³-hybridized carbons (Fsp3) is 0.300. The van der Waals surface area contributed by atoms with Gasteiger partial charge < -0.3 is 15.1 Å². The van der Waals surface area contributed by atoms with Gasteiger partial charge in [-0.3, -0.25) is 9.59 Å². The largest absolute Gasteiger partial charge is 0.481 e. The maximum Gasteiger partial charge on any atom is 0.318 e. The Morgan fingerprint density at radius 2 is 1.89 bits per heavy atom. The van der Waals surface area contributed by atoms with Crippen molar-refractivity contribution < 1.29 is 19.8 Å². The lowest BCUT2D eigenvalue weighted by Crippen LogP contribution is -2.26. The predicted octanol–water partition coefficient (Wildman–Crippen LogP) is 2.83. The van der Waals surface area contributed by atoms with E-state index in [-0.39, 0.29) is 12.5 Å². The molecule has 2 N–H and O–H groups in total. The molecule has 1 aromatic heterocycles. The smallest absolute Gasteiger partial charge is 0.318 e. The van der Waals surface area contributed by atoms with Crippen LogP contribution < -0.4 is 4.90 Å². The number of benzene rings is 1. The second-order valence-electron chi connectivity index (χ2n) is 6.54.